The van der Waals surface area contributed by atoms with Crippen molar-refractivity contribution < 1.29 is 48.0 Å². The Morgan fingerprint density at radius 2 is 1.06 bits per heavy atom. The maximum Gasteiger partial charge on any atom is 0.338 e. The monoisotopic (exact) mass is 658 g/mol. The standard InChI is InChI=1S/C19H22O5.C19H20O5/c2*1-10(20)12-2-4-13(5-3-12)18(21)24-17-14-6-11-7-15(9-14)19(22)23-16(17)8-11/h2-5,10-11,14-17,20H,6-9H2,1H3;2-5,11,14-17H,6-9H2,1H3. The lowest BCUT2D eigenvalue weighted by Crippen LogP contribution is -2.45. The summed E-state index contributed by atoms with van der Waals surface area (Å²) in [4.78, 5) is 60.4. The van der Waals surface area contributed by atoms with Gasteiger partial charge in [-0.1, -0.05) is 24.3 Å². The van der Waals surface area contributed by atoms with Crippen LogP contribution in [0.2, 0.25) is 0 Å². The predicted molar refractivity (Wildman–Crippen MR) is 170 cm³/mol. The maximum absolute atomic E-state index is 12.5. The molecule has 4 aliphatic heterocycles. The largest absolute Gasteiger partial charge is 0.458 e. The average molecular weight is 659 g/mol. The van der Waals surface area contributed by atoms with E-state index in [9.17, 15) is 29.1 Å². The number of aliphatic hydroxyl groups is 1. The van der Waals surface area contributed by atoms with Crippen molar-refractivity contribution >= 4 is 29.7 Å². The first kappa shape index (κ1) is 32.5. The van der Waals surface area contributed by atoms with Gasteiger partial charge in [0.25, 0.3) is 0 Å². The number of aliphatic hydroxyl groups excluding tert-OH is 1. The van der Waals surface area contributed by atoms with E-state index in [2.05, 4.69) is 0 Å². The van der Waals surface area contributed by atoms with Crippen LogP contribution in [0.5, 0.6) is 0 Å². The van der Waals surface area contributed by atoms with Crippen LogP contribution in [0.15, 0.2) is 48.5 Å². The smallest absolute Gasteiger partial charge is 0.338 e. The highest BCUT2D eigenvalue weighted by Gasteiger charge is 2.53. The van der Waals surface area contributed by atoms with E-state index in [1.165, 1.54) is 6.92 Å². The molecule has 0 spiro atoms. The van der Waals surface area contributed by atoms with E-state index in [0.717, 1.165) is 56.9 Å². The first-order chi connectivity index (χ1) is 23.0. The Morgan fingerprint density at radius 3 is 1.48 bits per heavy atom. The molecule has 10 rings (SSSR count). The Balaban J connectivity index is 0.000000152. The minimum Gasteiger partial charge on any atom is -0.458 e. The van der Waals surface area contributed by atoms with Gasteiger partial charge >= 0.3 is 23.9 Å². The molecule has 4 aliphatic carbocycles. The fourth-order valence-corrected chi connectivity index (χ4v) is 9.00. The van der Waals surface area contributed by atoms with E-state index in [1.807, 2.05) is 0 Å². The maximum atomic E-state index is 12.5. The topological polar surface area (TPSA) is 142 Å². The molecule has 2 aromatic carbocycles. The second-order valence-corrected chi connectivity index (χ2v) is 14.7. The molecule has 4 heterocycles. The number of hydrogen-bond donors (Lipinski definition) is 1. The first-order valence-electron chi connectivity index (χ1n) is 17.2. The number of esters is 4. The van der Waals surface area contributed by atoms with E-state index < -0.39 is 12.1 Å². The minimum absolute atomic E-state index is 0.0206. The van der Waals surface area contributed by atoms with Crippen LogP contribution in [0.1, 0.15) is 108 Å². The Hall–Kier alpha value is -4.05. The fraction of sp³-hybridized carbons (Fsp3) is 0.553. The summed E-state index contributed by atoms with van der Waals surface area (Å²) in [7, 11) is 0. The summed E-state index contributed by atoms with van der Waals surface area (Å²) in [5.74, 6) is 0.312. The number of fused-ring (bicyclic) bond motifs is 2. The molecule has 8 bridgehead atoms. The molecule has 254 valence electrons. The van der Waals surface area contributed by atoms with Crippen molar-refractivity contribution in [1.29, 1.82) is 0 Å². The summed E-state index contributed by atoms with van der Waals surface area (Å²) >= 11 is 0. The second-order valence-electron chi connectivity index (χ2n) is 14.7. The van der Waals surface area contributed by atoms with Crippen molar-refractivity contribution in [2.75, 3.05) is 0 Å². The van der Waals surface area contributed by atoms with Gasteiger partial charge in [0.2, 0.25) is 0 Å². The minimum atomic E-state index is -0.567. The summed E-state index contributed by atoms with van der Waals surface area (Å²) in [6.07, 6.45) is 5.12. The third kappa shape index (κ3) is 6.51. The third-order valence-corrected chi connectivity index (χ3v) is 11.3. The Bertz CT molecular complexity index is 1580. The van der Waals surface area contributed by atoms with Crippen molar-refractivity contribution in [3.63, 3.8) is 0 Å². The fourth-order valence-electron chi connectivity index (χ4n) is 9.00. The van der Waals surface area contributed by atoms with Crippen LogP contribution in [-0.4, -0.2) is 59.2 Å². The van der Waals surface area contributed by atoms with Gasteiger partial charge in [-0.3, -0.25) is 14.4 Å². The van der Waals surface area contributed by atoms with Crippen molar-refractivity contribution in [2.45, 2.75) is 95.7 Å². The van der Waals surface area contributed by atoms with E-state index in [1.54, 1.807) is 55.5 Å². The van der Waals surface area contributed by atoms with Gasteiger partial charge in [-0.25, -0.2) is 9.59 Å². The van der Waals surface area contributed by atoms with Crippen molar-refractivity contribution in [3.05, 3.63) is 70.8 Å². The van der Waals surface area contributed by atoms with E-state index in [0.29, 0.717) is 28.5 Å². The lowest BCUT2D eigenvalue weighted by Gasteiger charge is -2.41. The van der Waals surface area contributed by atoms with Crippen LogP contribution in [0.4, 0.5) is 0 Å². The molecule has 11 unspecified atom stereocenters. The highest BCUT2D eigenvalue weighted by Crippen LogP contribution is 2.49. The first-order valence-corrected chi connectivity index (χ1v) is 17.2. The molecule has 11 atom stereocenters. The predicted octanol–water partition coefficient (Wildman–Crippen LogP) is 5.40. The number of carbonyl (C=O) groups excluding carboxylic acids is 5. The molecule has 8 fully saturated rings. The lowest BCUT2D eigenvalue weighted by atomic mass is 9.67. The molecule has 0 radical (unpaired) electrons. The lowest BCUT2D eigenvalue weighted by molar-refractivity contribution is -0.157. The highest BCUT2D eigenvalue weighted by molar-refractivity contribution is 5.96. The molecule has 0 aromatic heterocycles. The third-order valence-electron chi connectivity index (χ3n) is 11.3. The van der Waals surface area contributed by atoms with Gasteiger partial charge in [0.05, 0.1) is 29.1 Å². The Labute approximate surface area is 279 Å². The number of carbonyl (C=O) groups is 5. The Kier molecular flexibility index (Phi) is 8.87. The number of benzene rings is 2. The molecule has 48 heavy (non-hydrogen) atoms. The number of rotatable bonds is 6. The van der Waals surface area contributed by atoms with Gasteiger partial charge < -0.3 is 24.1 Å². The summed E-state index contributed by atoms with van der Waals surface area (Å²) in [6.45, 7) is 3.17. The van der Waals surface area contributed by atoms with Crippen LogP contribution in [0.25, 0.3) is 0 Å². The van der Waals surface area contributed by atoms with Crippen LogP contribution in [0.3, 0.4) is 0 Å². The van der Waals surface area contributed by atoms with E-state index >= 15 is 0 Å². The Morgan fingerprint density at radius 1 is 0.646 bits per heavy atom. The number of hydrogen-bond acceptors (Lipinski definition) is 10. The van der Waals surface area contributed by atoms with Gasteiger partial charge in [0, 0.05) is 17.4 Å². The van der Waals surface area contributed by atoms with Gasteiger partial charge in [-0.05, 0) is 107 Å². The van der Waals surface area contributed by atoms with Crippen LogP contribution < -0.4 is 0 Å². The van der Waals surface area contributed by atoms with Crippen LogP contribution in [0, 0.1) is 35.5 Å². The zero-order chi connectivity index (χ0) is 33.7. The number of Topliss-reactive ketones (excluding diaryl/α,β-unsaturated/α-hetero) is 1. The average Bonchev–Trinajstić information content (AvgIpc) is 3.34. The molecule has 4 saturated heterocycles. The second kappa shape index (κ2) is 13.1. The zero-order valence-corrected chi connectivity index (χ0v) is 27.2. The zero-order valence-electron chi connectivity index (χ0n) is 27.2. The van der Waals surface area contributed by atoms with E-state index in [-0.39, 0.29) is 71.8 Å². The molecule has 8 aliphatic rings. The van der Waals surface area contributed by atoms with Gasteiger partial charge in [0.15, 0.2) is 5.78 Å². The normalized spacial score (nSPS) is 34.5. The van der Waals surface area contributed by atoms with Crippen molar-refractivity contribution in [1.82, 2.24) is 0 Å². The summed E-state index contributed by atoms with van der Waals surface area (Å²) in [5, 5.41) is 9.54. The van der Waals surface area contributed by atoms with Gasteiger partial charge in [-0.2, -0.15) is 0 Å². The molecule has 1 N–H and O–H groups in total. The summed E-state index contributed by atoms with van der Waals surface area (Å²) in [5.41, 5.74) is 2.19. The molecule has 10 heteroatoms. The summed E-state index contributed by atoms with van der Waals surface area (Å²) < 4.78 is 22.7. The quantitative estimate of drug-likeness (QED) is 0.243. The SMILES string of the molecule is CC(=O)c1ccc(C(=O)OC2C3CC4CC(C3)C(=O)OC2C4)cc1.CC(O)c1ccc(C(=O)OC2C3CC4CC(C3)C(=O)OC2C4)cc1. The molecule has 0 amide bonds. The van der Waals surface area contributed by atoms with E-state index in [4.69, 9.17) is 18.9 Å². The molecule has 10 nitrogen and oxygen atoms in total. The summed E-state index contributed by atoms with van der Waals surface area (Å²) in [6, 6.07) is 13.3. The van der Waals surface area contributed by atoms with Crippen molar-refractivity contribution in [3.8, 4) is 0 Å². The van der Waals surface area contributed by atoms with Gasteiger partial charge in [0.1, 0.15) is 24.4 Å². The van der Waals surface area contributed by atoms with Gasteiger partial charge in [-0.15, -0.1) is 0 Å². The molecular formula is C38H42O10. The molecular weight excluding hydrogens is 616 g/mol. The molecule has 2 aromatic rings. The number of ether oxygens (including phenoxy) is 4. The number of ketones is 1. The van der Waals surface area contributed by atoms with Crippen LogP contribution >= 0.6 is 0 Å². The van der Waals surface area contributed by atoms with Crippen LogP contribution in [-0.2, 0) is 28.5 Å². The highest BCUT2D eigenvalue weighted by atomic mass is 16.6. The van der Waals surface area contributed by atoms with Crippen molar-refractivity contribution in [2.24, 2.45) is 35.5 Å². The molecule has 4 saturated carbocycles.